The van der Waals surface area contributed by atoms with E-state index in [0.717, 1.165) is 27.0 Å². The first kappa shape index (κ1) is 19.6. The van der Waals surface area contributed by atoms with Gasteiger partial charge in [0, 0.05) is 22.4 Å². The summed E-state index contributed by atoms with van der Waals surface area (Å²) in [5.41, 5.74) is 3.58. The molecule has 0 atom stereocenters. The van der Waals surface area contributed by atoms with E-state index < -0.39 is 5.97 Å². The number of aromatic nitrogens is 2. The molecule has 0 aliphatic rings. The lowest BCUT2D eigenvalue weighted by atomic mass is 10.1. The Balaban J connectivity index is 2.06. The van der Waals surface area contributed by atoms with Gasteiger partial charge in [-0.15, -0.1) is 0 Å². The lowest BCUT2D eigenvalue weighted by Crippen LogP contribution is -2.05. The number of ether oxygens (including phenoxy) is 1. The Morgan fingerprint density at radius 2 is 2.07 bits per heavy atom. The first-order valence-electron chi connectivity index (χ1n) is 8.76. The van der Waals surface area contributed by atoms with Crippen LogP contribution in [-0.4, -0.2) is 22.1 Å². The maximum Gasteiger partial charge on any atom is 0.348 e. The zero-order valence-corrected chi connectivity index (χ0v) is 16.9. The van der Waals surface area contributed by atoms with Crippen molar-refractivity contribution < 1.29 is 9.53 Å². The summed E-state index contributed by atoms with van der Waals surface area (Å²) in [5, 5.41) is 9.31. The minimum absolute atomic E-state index is 0.0319. The van der Waals surface area contributed by atoms with Crippen molar-refractivity contribution in [3.63, 3.8) is 0 Å². The van der Waals surface area contributed by atoms with Crippen molar-refractivity contribution in [2.45, 2.75) is 13.5 Å². The van der Waals surface area contributed by atoms with E-state index in [0.29, 0.717) is 6.54 Å². The van der Waals surface area contributed by atoms with Crippen LogP contribution < -0.4 is 0 Å². The summed E-state index contributed by atoms with van der Waals surface area (Å²) in [6, 6.07) is 17.5. The van der Waals surface area contributed by atoms with Gasteiger partial charge in [0.15, 0.2) is 0 Å². The molecule has 0 bridgehead atoms. The van der Waals surface area contributed by atoms with Crippen LogP contribution in [0.2, 0.25) is 0 Å². The molecule has 28 heavy (non-hydrogen) atoms. The molecule has 0 spiro atoms. The molecule has 0 amide bonds. The van der Waals surface area contributed by atoms with Gasteiger partial charge in [0.2, 0.25) is 0 Å². The van der Waals surface area contributed by atoms with Gasteiger partial charge < -0.3 is 9.30 Å². The number of nitriles is 1. The summed E-state index contributed by atoms with van der Waals surface area (Å²) < 4.78 is 7.95. The molecule has 0 unspecified atom stereocenters. The topological polar surface area (TPSA) is 67.9 Å². The monoisotopic (exact) mass is 435 g/mol. The Morgan fingerprint density at radius 1 is 1.29 bits per heavy atom. The molecule has 0 N–H and O–H groups in total. The SMILES string of the molecule is CCOC(=O)/C(C#N)=C/c1cc(-c2ccccc2Br)n(Cc2ccccn2)c1. The Kier molecular flexibility index (Phi) is 6.41. The minimum atomic E-state index is -0.620. The molecule has 2 aromatic heterocycles. The third-order valence-electron chi connectivity index (χ3n) is 4.05. The highest BCUT2D eigenvalue weighted by Crippen LogP contribution is 2.30. The van der Waals surface area contributed by atoms with Gasteiger partial charge in [0.25, 0.3) is 0 Å². The van der Waals surface area contributed by atoms with Crippen molar-refractivity contribution in [3.05, 3.63) is 82.2 Å². The van der Waals surface area contributed by atoms with Gasteiger partial charge >= 0.3 is 5.97 Å². The van der Waals surface area contributed by atoms with Gasteiger partial charge in [-0.05, 0) is 42.8 Å². The Labute approximate surface area is 172 Å². The zero-order valence-electron chi connectivity index (χ0n) is 15.3. The zero-order chi connectivity index (χ0) is 19.9. The van der Waals surface area contributed by atoms with Gasteiger partial charge in [-0.1, -0.05) is 40.2 Å². The van der Waals surface area contributed by atoms with Crippen LogP contribution in [0.15, 0.2) is 71.0 Å². The molecule has 2 heterocycles. The molecule has 0 saturated carbocycles. The van der Waals surface area contributed by atoms with E-state index >= 15 is 0 Å². The quantitative estimate of drug-likeness (QED) is 0.315. The first-order chi connectivity index (χ1) is 13.6. The van der Waals surface area contributed by atoms with E-state index in [1.165, 1.54) is 0 Å². The first-order valence-corrected chi connectivity index (χ1v) is 9.55. The number of hydrogen-bond acceptors (Lipinski definition) is 4. The van der Waals surface area contributed by atoms with Gasteiger partial charge in [0.05, 0.1) is 24.5 Å². The van der Waals surface area contributed by atoms with E-state index in [-0.39, 0.29) is 12.2 Å². The van der Waals surface area contributed by atoms with Gasteiger partial charge in [-0.3, -0.25) is 4.98 Å². The number of carbonyl (C=O) groups excluding carboxylic acids is 1. The third kappa shape index (κ3) is 4.56. The van der Waals surface area contributed by atoms with Crippen LogP contribution in [0.3, 0.4) is 0 Å². The molecule has 0 saturated heterocycles. The number of pyridine rings is 1. The number of esters is 1. The highest BCUT2D eigenvalue weighted by molar-refractivity contribution is 9.10. The van der Waals surface area contributed by atoms with E-state index in [9.17, 15) is 10.1 Å². The molecule has 3 aromatic rings. The molecule has 140 valence electrons. The predicted octanol–water partition coefficient (Wildman–Crippen LogP) is 4.83. The number of hydrogen-bond donors (Lipinski definition) is 0. The maximum atomic E-state index is 11.9. The number of carbonyl (C=O) groups is 1. The Morgan fingerprint density at radius 3 is 2.75 bits per heavy atom. The molecule has 0 fully saturated rings. The summed E-state index contributed by atoms with van der Waals surface area (Å²) >= 11 is 3.60. The summed E-state index contributed by atoms with van der Waals surface area (Å²) in [6.07, 6.45) is 5.21. The molecule has 3 rings (SSSR count). The Bertz CT molecular complexity index is 1050. The second-order valence-electron chi connectivity index (χ2n) is 5.98. The summed E-state index contributed by atoms with van der Waals surface area (Å²) in [6.45, 7) is 2.49. The van der Waals surface area contributed by atoms with Crippen LogP contribution in [0.5, 0.6) is 0 Å². The molecule has 6 heteroatoms. The van der Waals surface area contributed by atoms with Gasteiger partial charge in [0.1, 0.15) is 11.6 Å². The van der Waals surface area contributed by atoms with Crippen LogP contribution in [0, 0.1) is 11.3 Å². The second kappa shape index (κ2) is 9.16. The molecule has 5 nitrogen and oxygen atoms in total. The molecular formula is C22H18BrN3O2. The summed E-state index contributed by atoms with van der Waals surface area (Å²) in [5.74, 6) is -0.620. The maximum absolute atomic E-state index is 11.9. The highest BCUT2D eigenvalue weighted by atomic mass is 79.9. The Hall–Kier alpha value is -3.17. The fourth-order valence-electron chi connectivity index (χ4n) is 2.82. The molecule has 0 radical (unpaired) electrons. The number of benzene rings is 1. The minimum Gasteiger partial charge on any atom is -0.462 e. The van der Waals surface area contributed by atoms with Crippen LogP contribution in [-0.2, 0) is 16.1 Å². The third-order valence-corrected chi connectivity index (χ3v) is 4.74. The summed E-state index contributed by atoms with van der Waals surface area (Å²) in [4.78, 5) is 16.3. The smallest absolute Gasteiger partial charge is 0.348 e. The highest BCUT2D eigenvalue weighted by Gasteiger charge is 2.14. The number of nitrogens with zero attached hydrogens (tertiary/aromatic N) is 3. The normalized spacial score (nSPS) is 11.1. The lowest BCUT2D eigenvalue weighted by Gasteiger charge is -2.10. The van der Waals surface area contributed by atoms with Crippen molar-refractivity contribution in [2.75, 3.05) is 6.61 Å². The lowest BCUT2D eigenvalue weighted by molar-refractivity contribution is -0.137. The van der Waals surface area contributed by atoms with Gasteiger partial charge in [-0.25, -0.2) is 4.79 Å². The molecule has 1 aromatic carbocycles. The van der Waals surface area contributed by atoms with Crippen LogP contribution in [0.1, 0.15) is 18.2 Å². The standard InChI is InChI=1S/C22H18BrN3O2/c1-2-28-22(27)17(13-24)11-16-12-21(19-8-3-4-9-20(19)23)26(14-16)15-18-7-5-6-10-25-18/h3-12,14H,2,15H2,1H3/b17-11+. The average Bonchev–Trinajstić information content (AvgIpc) is 3.09. The van der Waals surface area contributed by atoms with E-state index in [2.05, 4.69) is 25.5 Å². The molecular weight excluding hydrogens is 418 g/mol. The molecule has 0 aliphatic heterocycles. The van der Waals surface area contributed by atoms with E-state index in [1.54, 1.807) is 19.2 Å². The second-order valence-corrected chi connectivity index (χ2v) is 6.83. The fourth-order valence-corrected chi connectivity index (χ4v) is 3.31. The van der Waals surface area contributed by atoms with E-state index in [1.807, 2.05) is 60.8 Å². The van der Waals surface area contributed by atoms with Crippen molar-refractivity contribution in [1.82, 2.24) is 9.55 Å². The largest absolute Gasteiger partial charge is 0.462 e. The van der Waals surface area contributed by atoms with Crippen LogP contribution in [0.4, 0.5) is 0 Å². The predicted molar refractivity (Wildman–Crippen MR) is 111 cm³/mol. The van der Waals surface area contributed by atoms with Crippen molar-refractivity contribution in [3.8, 4) is 17.3 Å². The van der Waals surface area contributed by atoms with Crippen molar-refractivity contribution >= 4 is 28.0 Å². The van der Waals surface area contributed by atoms with Crippen molar-refractivity contribution in [1.29, 1.82) is 5.26 Å². The number of rotatable bonds is 6. The fraction of sp³-hybridized carbons (Fsp3) is 0.136. The van der Waals surface area contributed by atoms with Gasteiger partial charge in [-0.2, -0.15) is 5.26 Å². The number of halogens is 1. The van der Waals surface area contributed by atoms with Crippen molar-refractivity contribution in [2.24, 2.45) is 0 Å². The van der Waals surface area contributed by atoms with Crippen LogP contribution in [0.25, 0.3) is 17.3 Å². The summed E-state index contributed by atoms with van der Waals surface area (Å²) in [7, 11) is 0. The van der Waals surface area contributed by atoms with Crippen LogP contribution >= 0.6 is 15.9 Å². The molecule has 0 aliphatic carbocycles. The van der Waals surface area contributed by atoms with E-state index in [4.69, 9.17) is 4.74 Å². The average molecular weight is 436 g/mol.